The zero-order chi connectivity index (χ0) is 32.8. The Balaban J connectivity index is 1.42. The van der Waals surface area contributed by atoms with Gasteiger partial charge in [0.1, 0.15) is 34.1 Å². The first-order chi connectivity index (χ1) is 21.5. The summed E-state index contributed by atoms with van der Waals surface area (Å²) in [7, 11) is 2.87. The van der Waals surface area contributed by atoms with Crippen LogP contribution in [0.5, 0.6) is 23.0 Å². The zero-order valence-corrected chi connectivity index (χ0v) is 27.0. The Morgan fingerprint density at radius 3 is 1.96 bits per heavy atom. The first-order valence-electron chi connectivity index (χ1n) is 14.6. The van der Waals surface area contributed by atoms with E-state index in [2.05, 4.69) is 0 Å². The predicted octanol–water partition coefficient (Wildman–Crippen LogP) is 6.67. The number of carboxylic acids is 1. The highest BCUT2D eigenvalue weighted by Crippen LogP contribution is 2.41. The fourth-order valence-electron chi connectivity index (χ4n) is 5.41. The van der Waals surface area contributed by atoms with Crippen molar-refractivity contribution < 1.29 is 47.9 Å². The van der Waals surface area contributed by atoms with Crippen LogP contribution in [0.3, 0.4) is 0 Å². The second-order valence-corrected chi connectivity index (χ2v) is 10.8. The lowest BCUT2D eigenvalue weighted by atomic mass is 9.96. The molecule has 0 aromatic heterocycles. The maximum absolute atomic E-state index is 13.7. The van der Waals surface area contributed by atoms with E-state index in [1.807, 2.05) is 44.2 Å². The molecule has 10 heteroatoms. The minimum atomic E-state index is -1.12. The smallest absolute Gasteiger partial charge is 0.347 e. The third-order valence-corrected chi connectivity index (χ3v) is 7.98. The molecule has 240 valence electrons. The Morgan fingerprint density at radius 1 is 0.733 bits per heavy atom. The van der Waals surface area contributed by atoms with Crippen LogP contribution in [0.2, 0.25) is 0 Å². The van der Waals surface area contributed by atoms with Crippen molar-refractivity contribution in [3.63, 3.8) is 0 Å². The van der Waals surface area contributed by atoms with Gasteiger partial charge in [0, 0.05) is 24.0 Å². The molecule has 0 amide bonds. The van der Waals surface area contributed by atoms with E-state index in [9.17, 15) is 14.7 Å². The first-order valence-corrected chi connectivity index (χ1v) is 14.6. The molecule has 1 aliphatic heterocycles. The molecule has 1 heterocycles. The Labute approximate surface area is 263 Å². The summed E-state index contributed by atoms with van der Waals surface area (Å²) in [6.45, 7) is 11.2. The number of carboxylic acid groups (broad SMARTS) is 1. The lowest BCUT2D eigenvalue weighted by Crippen LogP contribution is -2.17. The van der Waals surface area contributed by atoms with E-state index in [-0.39, 0.29) is 22.6 Å². The van der Waals surface area contributed by atoms with Gasteiger partial charge in [-0.05, 0) is 69.4 Å². The lowest BCUT2D eigenvalue weighted by Gasteiger charge is -2.22. The molecule has 0 spiro atoms. The molecule has 3 aromatic carbocycles. The van der Waals surface area contributed by atoms with Crippen molar-refractivity contribution in [1.82, 2.24) is 0 Å². The number of carbonyl (C=O) groups excluding carboxylic acids is 1. The van der Waals surface area contributed by atoms with Crippen LogP contribution in [0, 0.1) is 41.5 Å². The molecule has 0 saturated heterocycles. The van der Waals surface area contributed by atoms with Crippen molar-refractivity contribution in [2.24, 2.45) is 0 Å². The van der Waals surface area contributed by atoms with E-state index in [0.29, 0.717) is 71.3 Å². The number of carbonyl (C=O) groups is 2. The van der Waals surface area contributed by atoms with E-state index >= 15 is 0 Å². The van der Waals surface area contributed by atoms with Crippen LogP contribution >= 0.6 is 0 Å². The molecule has 0 saturated carbocycles. The highest BCUT2D eigenvalue weighted by Gasteiger charge is 2.29. The van der Waals surface area contributed by atoms with Crippen LogP contribution in [-0.2, 0) is 20.6 Å². The van der Waals surface area contributed by atoms with Gasteiger partial charge in [-0.2, -0.15) is 0 Å². The van der Waals surface area contributed by atoms with Crippen LogP contribution in [0.4, 0.5) is 0 Å². The monoisotopic (exact) mass is 620 g/mol. The maximum Gasteiger partial charge on any atom is 0.347 e. The quantitative estimate of drug-likeness (QED) is 0.126. The standard InChI is InChI=1S/C35H40O10/c1-19-22(4)31(24(6)32(39-7)28(19)34(36)37)45-35(38)29-20(2)21(3)30(23(5)33(29)40-8)42-16-12-15-41-27-18-43-26(44-27)17-25-13-10-9-11-14-25/h9-11,13-14,18,26H,12,15-17H2,1-8H3,(H,36,37). The molecule has 3 aromatic rings. The SMILES string of the molecule is COc1c(C)c(OC(=O)c2c(C)c(C)c(OCCCOC3=COC(Cc4ccccc4)O3)c(C)c2OC)c(C)c(C)c1C(=O)O. The average Bonchev–Trinajstić information content (AvgIpc) is 3.46. The fraction of sp³-hybridized carbons (Fsp3) is 0.371. The average molecular weight is 621 g/mol. The van der Waals surface area contributed by atoms with Gasteiger partial charge in [0.15, 0.2) is 6.26 Å². The molecule has 0 bridgehead atoms. The summed E-state index contributed by atoms with van der Waals surface area (Å²) < 4.78 is 40.2. The van der Waals surface area contributed by atoms with Crippen molar-refractivity contribution in [3.05, 3.63) is 92.6 Å². The Morgan fingerprint density at radius 2 is 1.31 bits per heavy atom. The van der Waals surface area contributed by atoms with Gasteiger partial charge in [-0.25, -0.2) is 9.59 Å². The Bertz CT molecular complexity index is 1610. The van der Waals surface area contributed by atoms with Crippen molar-refractivity contribution >= 4 is 11.9 Å². The number of hydrogen-bond donors (Lipinski definition) is 1. The normalized spacial score (nSPS) is 13.8. The molecule has 1 aliphatic rings. The predicted molar refractivity (Wildman–Crippen MR) is 167 cm³/mol. The van der Waals surface area contributed by atoms with Gasteiger partial charge in [-0.15, -0.1) is 0 Å². The molecule has 0 radical (unpaired) electrons. The van der Waals surface area contributed by atoms with Crippen LogP contribution < -0.4 is 18.9 Å². The summed E-state index contributed by atoms with van der Waals surface area (Å²) in [5, 5.41) is 9.73. The lowest BCUT2D eigenvalue weighted by molar-refractivity contribution is -0.0704. The van der Waals surface area contributed by atoms with E-state index in [4.69, 9.17) is 33.2 Å². The van der Waals surface area contributed by atoms with E-state index in [0.717, 1.165) is 11.1 Å². The van der Waals surface area contributed by atoms with E-state index in [1.165, 1.54) is 20.5 Å². The molecule has 4 rings (SSSR count). The maximum atomic E-state index is 13.7. The minimum Gasteiger partial charge on any atom is -0.495 e. The Kier molecular flexibility index (Phi) is 10.5. The summed E-state index contributed by atoms with van der Waals surface area (Å²) in [6, 6.07) is 9.93. The number of methoxy groups -OCH3 is 2. The second kappa shape index (κ2) is 14.3. The molecule has 1 unspecified atom stereocenters. The van der Waals surface area contributed by atoms with Crippen molar-refractivity contribution in [3.8, 4) is 23.0 Å². The van der Waals surface area contributed by atoms with Gasteiger partial charge in [-0.1, -0.05) is 30.3 Å². The first kappa shape index (κ1) is 33.0. The third kappa shape index (κ3) is 6.95. The summed E-state index contributed by atoms with van der Waals surface area (Å²) in [5.74, 6) is -0.0870. The van der Waals surface area contributed by atoms with E-state index in [1.54, 1.807) is 27.7 Å². The number of rotatable bonds is 13. The van der Waals surface area contributed by atoms with Gasteiger partial charge >= 0.3 is 17.9 Å². The number of esters is 1. The topological polar surface area (TPSA) is 119 Å². The Hall–Kier alpha value is -4.86. The second-order valence-electron chi connectivity index (χ2n) is 10.8. The highest BCUT2D eigenvalue weighted by molar-refractivity contribution is 5.98. The van der Waals surface area contributed by atoms with Gasteiger partial charge in [0.2, 0.25) is 6.29 Å². The number of hydrogen-bond acceptors (Lipinski definition) is 9. The van der Waals surface area contributed by atoms with Gasteiger partial charge in [-0.3, -0.25) is 0 Å². The zero-order valence-electron chi connectivity index (χ0n) is 27.0. The van der Waals surface area contributed by atoms with Crippen molar-refractivity contribution in [2.45, 2.75) is 60.7 Å². The molecule has 0 aliphatic carbocycles. The van der Waals surface area contributed by atoms with Crippen LogP contribution in [0.1, 0.15) is 66.1 Å². The highest BCUT2D eigenvalue weighted by atomic mass is 16.8. The summed E-state index contributed by atoms with van der Waals surface area (Å²) in [4.78, 5) is 25.6. The minimum absolute atomic E-state index is 0.0349. The summed E-state index contributed by atoms with van der Waals surface area (Å²) >= 11 is 0. The molecule has 0 fully saturated rings. The molecule has 45 heavy (non-hydrogen) atoms. The van der Waals surface area contributed by atoms with Crippen molar-refractivity contribution in [2.75, 3.05) is 27.4 Å². The van der Waals surface area contributed by atoms with Gasteiger partial charge in [0.25, 0.3) is 0 Å². The molecule has 1 N–H and O–H groups in total. The van der Waals surface area contributed by atoms with Crippen molar-refractivity contribution in [1.29, 1.82) is 0 Å². The van der Waals surface area contributed by atoms with Crippen LogP contribution in [0.15, 0.2) is 42.5 Å². The largest absolute Gasteiger partial charge is 0.495 e. The van der Waals surface area contributed by atoms with Gasteiger partial charge in [0.05, 0.1) is 27.4 Å². The van der Waals surface area contributed by atoms with Gasteiger partial charge < -0.3 is 38.3 Å². The summed E-state index contributed by atoms with van der Waals surface area (Å²) in [5.41, 5.74) is 4.85. The molecular weight excluding hydrogens is 580 g/mol. The van der Waals surface area contributed by atoms with Crippen LogP contribution in [0.25, 0.3) is 0 Å². The molecule has 10 nitrogen and oxygen atoms in total. The number of ether oxygens (including phenoxy) is 7. The molecular formula is C35H40O10. The summed E-state index contributed by atoms with van der Waals surface area (Å²) in [6.07, 6.45) is 2.24. The number of benzene rings is 3. The fourth-order valence-corrected chi connectivity index (χ4v) is 5.41. The molecule has 1 atom stereocenters. The van der Waals surface area contributed by atoms with Crippen LogP contribution in [-0.4, -0.2) is 50.8 Å². The number of aromatic carboxylic acids is 1. The third-order valence-electron chi connectivity index (χ3n) is 7.98. The van der Waals surface area contributed by atoms with E-state index < -0.39 is 18.2 Å².